The average molecular weight is 294 g/mol. The zero-order valence-electron chi connectivity index (χ0n) is 12.0. The first-order valence-electron chi connectivity index (χ1n) is 6.46. The Balaban J connectivity index is 2.58. The maximum atomic E-state index is 11.7. The first-order valence-corrected chi connectivity index (χ1v) is 6.84. The third-order valence-corrected chi connectivity index (χ3v) is 2.94. The molecular weight excluding hydrogens is 274 g/mol. The van der Waals surface area contributed by atoms with E-state index in [1.54, 1.807) is 12.1 Å². The second-order valence-electron chi connectivity index (χ2n) is 4.94. The van der Waals surface area contributed by atoms with Crippen LogP contribution in [0.5, 0.6) is 0 Å². The third-order valence-electron chi connectivity index (χ3n) is 2.61. The van der Waals surface area contributed by atoms with E-state index in [0.717, 1.165) is 11.1 Å². The minimum absolute atomic E-state index is 0.00392. The van der Waals surface area contributed by atoms with Gasteiger partial charge in [0.1, 0.15) is 0 Å². The first-order chi connectivity index (χ1) is 9.40. The maximum absolute atomic E-state index is 11.7. The van der Waals surface area contributed by atoms with Crippen molar-refractivity contribution in [1.29, 1.82) is 5.41 Å². The fraction of sp³-hybridized carbons (Fsp3) is 0.333. The number of hydrogen-bond acceptors (Lipinski definition) is 2. The number of benzene rings is 1. The van der Waals surface area contributed by atoms with E-state index < -0.39 is 0 Å². The van der Waals surface area contributed by atoms with Gasteiger partial charge in [0.05, 0.1) is 0 Å². The highest BCUT2D eigenvalue weighted by Gasteiger charge is 2.03. The first kappa shape index (κ1) is 16.2. The van der Waals surface area contributed by atoms with Crippen LogP contribution >= 0.6 is 11.6 Å². The molecule has 0 fully saturated rings. The summed E-state index contributed by atoms with van der Waals surface area (Å²) in [7, 11) is 0. The number of amides is 1. The number of carbonyl (C=O) groups excluding carboxylic acids is 1. The van der Waals surface area contributed by atoms with E-state index in [-0.39, 0.29) is 11.9 Å². The van der Waals surface area contributed by atoms with Crippen molar-refractivity contribution in [3.8, 4) is 0 Å². The van der Waals surface area contributed by atoms with Crippen LogP contribution in [0.25, 0.3) is 6.08 Å². The Morgan fingerprint density at radius 1 is 1.45 bits per heavy atom. The van der Waals surface area contributed by atoms with Gasteiger partial charge in [0.2, 0.25) is 0 Å². The van der Waals surface area contributed by atoms with Crippen LogP contribution < -0.4 is 10.6 Å². The van der Waals surface area contributed by atoms with E-state index >= 15 is 0 Å². The molecule has 108 valence electrons. The molecule has 0 saturated carbocycles. The standard InChI is InChI=1S/C15H20ClN3O/c1-10(2)9-18-15(17)19-14(20)8-7-12-11(3)5-4-6-13(12)16/h4-8,10H,9H2,1-3H3,(H3,17,18,19,20). The zero-order chi connectivity index (χ0) is 15.1. The number of carbonyl (C=O) groups is 1. The van der Waals surface area contributed by atoms with Crippen molar-refractivity contribution in [3.05, 3.63) is 40.4 Å². The normalized spacial score (nSPS) is 10.8. The number of aryl methyl sites for hydroxylation is 1. The van der Waals surface area contributed by atoms with Crippen LogP contribution in [0.3, 0.4) is 0 Å². The summed E-state index contributed by atoms with van der Waals surface area (Å²) in [6.45, 7) is 6.63. The smallest absolute Gasteiger partial charge is 0.250 e. The molecule has 0 bridgehead atoms. The van der Waals surface area contributed by atoms with Crippen molar-refractivity contribution in [2.45, 2.75) is 20.8 Å². The van der Waals surface area contributed by atoms with Crippen LogP contribution in [-0.4, -0.2) is 18.4 Å². The quantitative estimate of drug-likeness (QED) is 0.454. The molecule has 0 spiro atoms. The zero-order valence-corrected chi connectivity index (χ0v) is 12.7. The molecule has 0 heterocycles. The van der Waals surface area contributed by atoms with Gasteiger partial charge in [0.25, 0.3) is 5.91 Å². The van der Waals surface area contributed by atoms with E-state index in [1.165, 1.54) is 6.08 Å². The molecule has 1 amide bonds. The second-order valence-corrected chi connectivity index (χ2v) is 5.35. The van der Waals surface area contributed by atoms with Crippen LogP contribution in [0.1, 0.15) is 25.0 Å². The molecule has 1 aromatic carbocycles. The lowest BCUT2D eigenvalue weighted by molar-refractivity contribution is -0.115. The largest absolute Gasteiger partial charge is 0.356 e. The van der Waals surface area contributed by atoms with Gasteiger partial charge in [-0.25, -0.2) is 0 Å². The molecule has 0 atom stereocenters. The van der Waals surface area contributed by atoms with Gasteiger partial charge >= 0.3 is 0 Å². The van der Waals surface area contributed by atoms with E-state index in [1.807, 2.05) is 32.9 Å². The lowest BCUT2D eigenvalue weighted by Crippen LogP contribution is -2.40. The molecule has 20 heavy (non-hydrogen) atoms. The molecule has 1 aromatic rings. The summed E-state index contributed by atoms with van der Waals surface area (Å²) < 4.78 is 0. The summed E-state index contributed by atoms with van der Waals surface area (Å²) in [4.78, 5) is 11.7. The minimum atomic E-state index is -0.356. The van der Waals surface area contributed by atoms with Gasteiger partial charge < -0.3 is 5.32 Å². The summed E-state index contributed by atoms with van der Waals surface area (Å²) in [5.74, 6) is 0.0587. The number of nitrogens with one attached hydrogen (secondary N) is 3. The van der Waals surface area contributed by atoms with Crippen molar-refractivity contribution in [3.63, 3.8) is 0 Å². The van der Waals surface area contributed by atoms with Crippen LogP contribution in [0.15, 0.2) is 24.3 Å². The van der Waals surface area contributed by atoms with Gasteiger partial charge in [-0.3, -0.25) is 15.5 Å². The highest BCUT2D eigenvalue weighted by atomic mass is 35.5. The molecule has 0 aliphatic rings. The molecule has 0 aliphatic carbocycles. The van der Waals surface area contributed by atoms with Crippen molar-refractivity contribution in [2.24, 2.45) is 5.92 Å². The topological polar surface area (TPSA) is 65.0 Å². The molecule has 0 saturated heterocycles. The Hall–Kier alpha value is -1.81. The number of halogens is 1. The average Bonchev–Trinajstić information content (AvgIpc) is 2.35. The summed E-state index contributed by atoms with van der Waals surface area (Å²) in [6, 6.07) is 5.56. The van der Waals surface area contributed by atoms with Crippen molar-refractivity contribution in [2.75, 3.05) is 6.54 Å². The number of rotatable bonds is 4. The molecule has 0 unspecified atom stereocenters. The maximum Gasteiger partial charge on any atom is 0.250 e. The van der Waals surface area contributed by atoms with Crippen LogP contribution in [-0.2, 0) is 4.79 Å². The van der Waals surface area contributed by atoms with Crippen molar-refractivity contribution < 1.29 is 4.79 Å². The predicted molar refractivity (Wildman–Crippen MR) is 83.9 cm³/mol. The molecule has 0 aromatic heterocycles. The summed E-state index contributed by atoms with van der Waals surface area (Å²) in [6.07, 6.45) is 3.03. The fourth-order valence-corrected chi connectivity index (χ4v) is 1.81. The lowest BCUT2D eigenvalue weighted by Gasteiger charge is -2.09. The van der Waals surface area contributed by atoms with E-state index in [2.05, 4.69) is 10.6 Å². The Morgan fingerprint density at radius 2 is 2.15 bits per heavy atom. The number of hydrogen-bond donors (Lipinski definition) is 3. The summed E-state index contributed by atoms with van der Waals surface area (Å²) >= 11 is 6.07. The van der Waals surface area contributed by atoms with Crippen LogP contribution in [0.4, 0.5) is 0 Å². The van der Waals surface area contributed by atoms with Crippen LogP contribution in [0, 0.1) is 18.3 Å². The van der Waals surface area contributed by atoms with Crippen molar-refractivity contribution in [1.82, 2.24) is 10.6 Å². The van der Waals surface area contributed by atoms with E-state index in [9.17, 15) is 4.79 Å². The Morgan fingerprint density at radius 3 is 2.75 bits per heavy atom. The highest BCUT2D eigenvalue weighted by molar-refractivity contribution is 6.32. The molecule has 5 heteroatoms. The minimum Gasteiger partial charge on any atom is -0.356 e. The Kier molecular flexibility index (Phi) is 6.25. The second kappa shape index (κ2) is 7.70. The number of guanidine groups is 1. The van der Waals surface area contributed by atoms with Gasteiger partial charge in [-0.1, -0.05) is 37.6 Å². The van der Waals surface area contributed by atoms with Gasteiger partial charge in [-0.15, -0.1) is 0 Å². The lowest BCUT2D eigenvalue weighted by atomic mass is 10.1. The fourth-order valence-electron chi connectivity index (χ4n) is 1.53. The molecule has 3 N–H and O–H groups in total. The Labute approximate surface area is 124 Å². The monoisotopic (exact) mass is 293 g/mol. The summed E-state index contributed by atoms with van der Waals surface area (Å²) in [5, 5.41) is 13.4. The van der Waals surface area contributed by atoms with Gasteiger partial charge in [-0.2, -0.15) is 0 Å². The third kappa shape index (κ3) is 5.45. The molecule has 4 nitrogen and oxygen atoms in total. The predicted octanol–water partition coefficient (Wildman–Crippen LogP) is 2.96. The SMILES string of the molecule is Cc1cccc(Cl)c1C=CC(=O)NC(=N)NCC(C)C. The van der Waals surface area contributed by atoms with Gasteiger partial charge in [0, 0.05) is 17.6 Å². The molecule has 0 radical (unpaired) electrons. The van der Waals surface area contributed by atoms with E-state index in [0.29, 0.717) is 17.5 Å². The Bertz CT molecular complexity index is 504. The molecular formula is C15H20ClN3O. The van der Waals surface area contributed by atoms with Gasteiger partial charge in [0.15, 0.2) is 5.96 Å². The van der Waals surface area contributed by atoms with Crippen molar-refractivity contribution >= 4 is 29.5 Å². The van der Waals surface area contributed by atoms with Gasteiger partial charge in [-0.05, 0) is 36.1 Å². The van der Waals surface area contributed by atoms with Crippen LogP contribution in [0.2, 0.25) is 5.02 Å². The highest BCUT2D eigenvalue weighted by Crippen LogP contribution is 2.20. The van der Waals surface area contributed by atoms with E-state index in [4.69, 9.17) is 17.0 Å². The molecule has 1 rings (SSSR count). The summed E-state index contributed by atoms with van der Waals surface area (Å²) in [5.41, 5.74) is 1.81. The molecule has 0 aliphatic heterocycles.